The number of hydrogen-bond donors (Lipinski definition) is 0. The van der Waals surface area contributed by atoms with Crippen molar-refractivity contribution in [3.8, 4) is 0 Å². The number of carbonyl (C=O) groups is 1. The molecule has 1 unspecified atom stereocenters. The van der Waals surface area contributed by atoms with Gasteiger partial charge >= 0.3 is 6.18 Å². The summed E-state index contributed by atoms with van der Waals surface area (Å²) in [5, 5.41) is 0. The van der Waals surface area contributed by atoms with E-state index in [1.165, 1.54) is 13.0 Å². The van der Waals surface area contributed by atoms with Crippen LogP contribution in [0.25, 0.3) is 0 Å². The summed E-state index contributed by atoms with van der Waals surface area (Å²) in [6.45, 7) is 3.50. The Balaban J connectivity index is 2.40. The number of benzene rings is 1. The van der Waals surface area contributed by atoms with Crippen LogP contribution in [0.2, 0.25) is 0 Å². The lowest BCUT2D eigenvalue weighted by atomic mass is 9.92. The van der Waals surface area contributed by atoms with Gasteiger partial charge in [0.1, 0.15) is 17.5 Å². The fourth-order valence-electron chi connectivity index (χ4n) is 2.43. The molecule has 1 heterocycles. The molecule has 0 spiro atoms. The average Bonchev–Trinajstić information content (AvgIpc) is 2.40. The van der Waals surface area contributed by atoms with Crippen LogP contribution in [-0.4, -0.2) is 18.5 Å². The van der Waals surface area contributed by atoms with E-state index in [1.54, 1.807) is 0 Å². The largest absolute Gasteiger partial charge is 0.419 e. The third kappa shape index (κ3) is 3.26. The molecule has 1 saturated heterocycles. The van der Waals surface area contributed by atoms with Gasteiger partial charge in [-0.1, -0.05) is 19.1 Å². The van der Waals surface area contributed by atoms with Gasteiger partial charge in [0, 0.05) is 5.56 Å². The lowest BCUT2D eigenvalue weighted by Gasteiger charge is -2.26. The Morgan fingerprint density at radius 2 is 1.95 bits per heavy atom. The number of rotatable bonds is 2. The summed E-state index contributed by atoms with van der Waals surface area (Å²) >= 11 is 0. The molecule has 21 heavy (non-hydrogen) atoms. The molecule has 0 amide bonds. The number of Topliss-reactive ketones (excluding diaryl/α,β-unsaturated/α-hetero) is 1. The van der Waals surface area contributed by atoms with Gasteiger partial charge in [0.05, 0.1) is 6.61 Å². The molecule has 1 fully saturated rings. The Labute approximate surface area is 120 Å². The maximum absolute atomic E-state index is 13.8. The molecule has 0 radical (unpaired) electrons. The molecule has 1 aromatic carbocycles. The van der Waals surface area contributed by atoms with Crippen molar-refractivity contribution in [3.63, 3.8) is 0 Å². The van der Waals surface area contributed by atoms with Crippen LogP contribution in [0.1, 0.15) is 41.3 Å². The second-order valence-corrected chi connectivity index (χ2v) is 5.49. The molecule has 0 aliphatic carbocycles. The van der Waals surface area contributed by atoms with E-state index in [-0.39, 0.29) is 11.5 Å². The Hall–Kier alpha value is -1.43. The molecule has 2 rings (SSSR count). The number of hydrogen-bond acceptors (Lipinski definition) is 2. The van der Waals surface area contributed by atoms with Crippen molar-refractivity contribution in [2.45, 2.75) is 39.0 Å². The Kier molecular flexibility index (Phi) is 4.37. The maximum Gasteiger partial charge on any atom is 0.419 e. The second kappa shape index (κ2) is 5.75. The highest BCUT2D eigenvalue weighted by Gasteiger charge is 2.40. The second-order valence-electron chi connectivity index (χ2n) is 5.49. The molecule has 0 aromatic heterocycles. The van der Waals surface area contributed by atoms with Gasteiger partial charge < -0.3 is 4.74 Å². The lowest BCUT2D eigenvalue weighted by Crippen LogP contribution is -2.33. The highest BCUT2D eigenvalue weighted by molar-refractivity contribution is 6.01. The van der Waals surface area contributed by atoms with E-state index in [1.807, 2.05) is 6.92 Å². The monoisotopic (exact) mass is 304 g/mol. The summed E-state index contributed by atoms with van der Waals surface area (Å²) in [5.74, 6) is -1.92. The summed E-state index contributed by atoms with van der Waals surface area (Å²) in [4.78, 5) is 12.2. The van der Waals surface area contributed by atoms with E-state index in [0.717, 1.165) is 6.07 Å². The standard InChI is InChI=1S/C15H16F4O2/c1-8-3-6-11(21-7-8)14(20)10-5-4-9(2)13(16)12(10)15(17,18)19/h4-5,8,11H,3,6-7H2,1-2H3/t8?,11-/m0/s1. The molecule has 0 saturated carbocycles. The molecule has 1 aliphatic heterocycles. The fraction of sp³-hybridized carbons (Fsp3) is 0.533. The van der Waals surface area contributed by atoms with E-state index in [0.29, 0.717) is 19.4 Å². The van der Waals surface area contributed by atoms with Gasteiger partial charge in [-0.15, -0.1) is 0 Å². The number of halogens is 4. The highest BCUT2D eigenvalue weighted by atomic mass is 19.4. The van der Waals surface area contributed by atoms with Crippen LogP contribution in [0, 0.1) is 18.7 Å². The zero-order chi connectivity index (χ0) is 15.8. The van der Waals surface area contributed by atoms with Crippen LogP contribution >= 0.6 is 0 Å². The van der Waals surface area contributed by atoms with E-state index < -0.39 is 35.0 Å². The first-order chi connectivity index (χ1) is 9.71. The van der Waals surface area contributed by atoms with E-state index >= 15 is 0 Å². The zero-order valence-corrected chi connectivity index (χ0v) is 11.8. The predicted molar refractivity (Wildman–Crippen MR) is 68.6 cm³/mol. The smallest absolute Gasteiger partial charge is 0.370 e. The topological polar surface area (TPSA) is 26.3 Å². The van der Waals surface area contributed by atoms with Crippen molar-refractivity contribution in [2.75, 3.05) is 6.61 Å². The first-order valence-corrected chi connectivity index (χ1v) is 6.74. The Morgan fingerprint density at radius 3 is 2.48 bits per heavy atom. The van der Waals surface area contributed by atoms with Crippen molar-refractivity contribution in [1.82, 2.24) is 0 Å². The zero-order valence-electron chi connectivity index (χ0n) is 11.8. The van der Waals surface area contributed by atoms with Crippen LogP contribution in [0.5, 0.6) is 0 Å². The quantitative estimate of drug-likeness (QED) is 0.606. The van der Waals surface area contributed by atoms with Gasteiger partial charge in [-0.2, -0.15) is 13.2 Å². The van der Waals surface area contributed by atoms with Crippen molar-refractivity contribution in [2.24, 2.45) is 5.92 Å². The number of ketones is 1. The molecular weight excluding hydrogens is 288 g/mol. The van der Waals surface area contributed by atoms with E-state index in [4.69, 9.17) is 4.74 Å². The maximum atomic E-state index is 13.8. The minimum Gasteiger partial charge on any atom is -0.370 e. The van der Waals surface area contributed by atoms with Crippen molar-refractivity contribution in [3.05, 3.63) is 34.6 Å². The number of alkyl halides is 3. The van der Waals surface area contributed by atoms with Crippen molar-refractivity contribution >= 4 is 5.78 Å². The molecule has 2 nitrogen and oxygen atoms in total. The summed E-state index contributed by atoms with van der Waals surface area (Å²) in [7, 11) is 0. The Morgan fingerprint density at radius 1 is 1.29 bits per heavy atom. The average molecular weight is 304 g/mol. The number of aryl methyl sites for hydroxylation is 1. The number of carbonyl (C=O) groups excluding carboxylic acids is 1. The first-order valence-electron chi connectivity index (χ1n) is 6.74. The minimum absolute atomic E-state index is 0.142. The van der Waals surface area contributed by atoms with E-state index in [2.05, 4.69) is 0 Å². The normalized spacial score (nSPS) is 23.1. The lowest BCUT2D eigenvalue weighted by molar-refractivity contribution is -0.140. The minimum atomic E-state index is -4.91. The summed E-state index contributed by atoms with van der Waals surface area (Å²) < 4.78 is 58.3. The summed E-state index contributed by atoms with van der Waals surface area (Å²) in [6, 6.07) is 2.22. The molecular formula is C15H16F4O2. The van der Waals surface area contributed by atoms with Gasteiger partial charge in [-0.3, -0.25) is 4.79 Å². The molecule has 2 atom stereocenters. The Bertz CT molecular complexity index is 543. The summed E-state index contributed by atoms with van der Waals surface area (Å²) in [6.07, 6.45) is -4.79. The van der Waals surface area contributed by atoms with Gasteiger partial charge in [0.15, 0.2) is 5.78 Å². The van der Waals surface area contributed by atoms with E-state index in [9.17, 15) is 22.4 Å². The molecule has 0 bridgehead atoms. The van der Waals surface area contributed by atoms with Gasteiger partial charge in [-0.25, -0.2) is 4.39 Å². The van der Waals surface area contributed by atoms with Crippen molar-refractivity contribution < 1.29 is 27.1 Å². The fourth-order valence-corrected chi connectivity index (χ4v) is 2.43. The third-order valence-electron chi connectivity index (χ3n) is 3.68. The molecule has 6 heteroatoms. The predicted octanol–water partition coefficient (Wildman–Crippen LogP) is 4.15. The van der Waals surface area contributed by atoms with Crippen LogP contribution in [0.15, 0.2) is 12.1 Å². The van der Waals surface area contributed by atoms with Gasteiger partial charge in [-0.05, 0) is 31.2 Å². The van der Waals surface area contributed by atoms with Crippen molar-refractivity contribution in [1.29, 1.82) is 0 Å². The molecule has 0 N–H and O–H groups in total. The molecule has 1 aliphatic rings. The highest BCUT2D eigenvalue weighted by Crippen LogP contribution is 2.36. The summed E-state index contributed by atoms with van der Waals surface area (Å²) in [5.41, 5.74) is -2.28. The SMILES string of the molecule is Cc1ccc(C(=O)[C@@H]2CCC(C)CO2)c(C(F)(F)F)c1F. The first kappa shape index (κ1) is 15.9. The van der Waals surface area contributed by atoms with Crippen LogP contribution in [-0.2, 0) is 10.9 Å². The third-order valence-corrected chi connectivity index (χ3v) is 3.68. The van der Waals surface area contributed by atoms with Gasteiger partial charge in [0.25, 0.3) is 0 Å². The molecule has 1 aromatic rings. The van der Waals surface area contributed by atoms with Crippen LogP contribution in [0.4, 0.5) is 17.6 Å². The van der Waals surface area contributed by atoms with Crippen LogP contribution in [0.3, 0.4) is 0 Å². The number of ether oxygens (including phenoxy) is 1. The van der Waals surface area contributed by atoms with Crippen LogP contribution < -0.4 is 0 Å². The molecule has 116 valence electrons. The van der Waals surface area contributed by atoms with Gasteiger partial charge in [0.2, 0.25) is 0 Å².